The van der Waals surface area contributed by atoms with E-state index in [0.29, 0.717) is 24.5 Å². The van der Waals surface area contributed by atoms with Gasteiger partial charge in [-0.3, -0.25) is 0 Å². The SMILES string of the molecule is Nc1ccc2c(c1)OCC[C@H]2O. The van der Waals surface area contributed by atoms with E-state index in [0.717, 1.165) is 5.56 Å². The van der Waals surface area contributed by atoms with Crippen LogP contribution < -0.4 is 10.5 Å². The molecule has 2 rings (SSSR count). The highest BCUT2D eigenvalue weighted by Crippen LogP contribution is 2.32. The molecule has 1 aromatic rings. The zero-order valence-electron chi connectivity index (χ0n) is 6.66. The molecule has 0 saturated carbocycles. The Kier molecular flexibility index (Phi) is 1.66. The second kappa shape index (κ2) is 2.68. The molecule has 3 heteroatoms. The molecule has 0 aromatic heterocycles. The molecule has 12 heavy (non-hydrogen) atoms. The van der Waals surface area contributed by atoms with Crippen molar-refractivity contribution in [1.82, 2.24) is 0 Å². The summed E-state index contributed by atoms with van der Waals surface area (Å²) in [5, 5.41) is 9.53. The average Bonchev–Trinajstić information content (AvgIpc) is 2.04. The molecule has 1 aliphatic rings. The zero-order chi connectivity index (χ0) is 8.55. The van der Waals surface area contributed by atoms with Gasteiger partial charge in [0.05, 0.1) is 12.7 Å². The number of hydrogen-bond acceptors (Lipinski definition) is 3. The second-order valence-corrected chi connectivity index (χ2v) is 2.95. The lowest BCUT2D eigenvalue weighted by Gasteiger charge is -2.21. The summed E-state index contributed by atoms with van der Waals surface area (Å²) in [6, 6.07) is 5.34. The molecule has 0 saturated heterocycles. The molecule has 1 atom stereocenters. The Morgan fingerprint density at radius 1 is 1.50 bits per heavy atom. The van der Waals surface area contributed by atoms with Crippen LogP contribution in [0.3, 0.4) is 0 Å². The Labute approximate surface area is 70.8 Å². The minimum Gasteiger partial charge on any atom is -0.493 e. The number of fused-ring (bicyclic) bond motifs is 1. The van der Waals surface area contributed by atoms with Gasteiger partial charge in [-0.05, 0) is 6.07 Å². The molecule has 3 N–H and O–H groups in total. The summed E-state index contributed by atoms with van der Waals surface area (Å²) >= 11 is 0. The maximum atomic E-state index is 9.53. The predicted molar refractivity (Wildman–Crippen MR) is 45.9 cm³/mol. The molecule has 0 radical (unpaired) electrons. The first kappa shape index (κ1) is 7.43. The number of ether oxygens (including phenoxy) is 1. The van der Waals surface area contributed by atoms with E-state index in [-0.39, 0.29) is 0 Å². The summed E-state index contributed by atoms with van der Waals surface area (Å²) < 4.78 is 5.33. The number of benzene rings is 1. The van der Waals surface area contributed by atoms with Gasteiger partial charge in [0.1, 0.15) is 5.75 Å². The standard InChI is InChI=1S/C9H11NO2/c10-6-1-2-7-8(11)3-4-12-9(7)5-6/h1-2,5,8,11H,3-4,10H2/t8-/m1/s1. The highest BCUT2D eigenvalue weighted by molar-refractivity contribution is 5.49. The van der Waals surface area contributed by atoms with Gasteiger partial charge < -0.3 is 15.6 Å². The minimum atomic E-state index is -0.394. The van der Waals surface area contributed by atoms with Crippen LogP contribution in [0.15, 0.2) is 18.2 Å². The Hall–Kier alpha value is -1.22. The number of rotatable bonds is 0. The molecule has 0 fully saturated rings. The second-order valence-electron chi connectivity index (χ2n) is 2.95. The smallest absolute Gasteiger partial charge is 0.127 e. The van der Waals surface area contributed by atoms with Crippen molar-refractivity contribution in [2.75, 3.05) is 12.3 Å². The Morgan fingerprint density at radius 3 is 3.17 bits per heavy atom. The molecule has 64 valence electrons. The van der Waals surface area contributed by atoms with Crippen LogP contribution in [0.25, 0.3) is 0 Å². The third-order valence-corrected chi connectivity index (χ3v) is 2.05. The topological polar surface area (TPSA) is 55.5 Å². The monoisotopic (exact) mass is 165 g/mol. The highest BCUT2D eigenvalue weighted by atomic mass is 16.5. The Balaban J connectivity index is 2.46. The van der Waals surface area contributed by atoms with Gasteiger partial charge in [0.2, 0.25) is 0 Å². The predicted octanol–water partition coefficient (Wildman–Crippen LogP) is 1.08. The zero-order valence-corrected chi connectivity index (χ0v) is 6.66. The van der Waals surface area contributed by atoms with Gasteiger partial charge in [0, 0.05) is 23.7 Å². The van der Waals surface area contributed by atoms with E-state index in [9.17, 15) is 5.11 Å². The quantitative estimate of drug-likeness (QED) is 0.566. The number of hydrogen-bond donors (Lipinski definition) is 2. The lowest BCUT2D eigenvalue weighted by molar-refractivity contribution is 0.115. The normalized spacial score (nSPS) is 21.2. The number of anilines is 1. The number of aliphatic hydroxyl groups is 1. The molecular formula is C9H11NO2. The first-order valence-electron chi connectivity index (χ1n) is 3.97. The van der Waals surface area contributed by atoms with Crippen molar-refractivity contribution in [3.8, 4) is 5.75 Å². The van der Waals surface area contributed by atoms with Gasteiger partial charge in [0.15, 0.2) is 0 Å². The Morgan fingerprint density at radius 2 is 2.33 bits per heavy atom. The Bertz CT molecular complexity index is 299. The van der Waals surface area contributed by atoms with Crippen molar-refractivity contribution in [3.63, 3.8) is 0 Å². The molecule has 0 bridgehead atoms. The summed E-state index contributed by atoms with van der Waals surface area (Å²) in [4.78, 5) is 0. The fourth-order valence-electron chi connectivity index (χ4n) is 1.39. The van der Waals surface area contributed by atoms with Crippen LogP contribution in [-0.2, 0) is 0 Å². The molecule has 3 nitrogen and oxygen atoms in total. The van der Waals surface area contributed by atoms with E-state index >= 15 is 0 Å². The van der Waals surface area contributed by atoms with E-state index in [2.05, 4.69) is 0 Å². The van der Waals surface area contributed by atoms with E-state index in [4.69, 9.17) is 10.5 Å². The van der Waals surface area contributed by atoms with Crippen molar-refractivity contribution in [3.05, 3.63) is 23.8 Å². The van der Waals surface area contributed by atoms with Crippen molar-refractivity contribution in [1.29, 1.82) is 0 Å². The molecule has 0 unspecified atom stereocenters. The fourth-order valence-corrected chi connectivity index (χ4v) is 1.39. The van der Waals surface area contributed by atoms with Crippen LogP contribution in [0, 0.1) is 0 Å². The summed E-state index contributed by atoms with van der Waals surface area (Å²) in [5.41, 5.74) is 7.08. The molecule has 1 heterocycles. The maximum Gasteiger partial charge on any atom is 0.127 e. The van der Waals surface area contributed by atoms with E-state index in [1.54, 1.807) is 12.1 Å². The summed E-state index contributed by atoms with van der Waals surface area (Å²) in [5.74, 6) is 0.716. The maximum absolute atomic E-state index is 9.53. The van der Waals surface area contributed by atoms with Gasteiger partial charge in [-0.25, -0.2) is 0 Å². The molecular weight excluding hydrogens is 154 g/mol. The van der Waals surface area contributed by atoms with Gasteiger partial charge in [-0.1, -0.05) is 6.07 Å². The van der Waals surface area contributed by atoms with Crippen molar-refractivity contribution in [2.24, 2.45) is 0 Å². The fraction of sp³-hybridized carbons (Fsp3) is 0.333. The highest BCUT2D eigenvalue weighted by Gasteiger charge is 2.18. The van der Waals surface area contributed by atoms with Crippen LogP contribution in [-0.4, -0.2) is 11.7 Å². The van der Waals surface area contributed by atoms with Crippen LogP contribution >= 0.6 is 0 Å². The summed E-state index contributed by atoms with van der Waals surface area (Å²) in [6.45, 7) is 0.567. The van der Waals surface area contributed by atoms with Gasteiger partial charge in [-0.2, -0.15) is 0 Å². The summed E-state index contributed by atoms with van der Waals surface area (Å²) in [7, 11) is 0. The molecule has 1 aromatic carbocycles. The average molecular weight is 165 g/mol. The van der Waals surface area contributed by atoms with Crippen LogP contribution in [0.5, 0.6) is 5.75 Å². The van der Waals surface area contributed by atoms with Gasteiger partial charge in [-0.15, -0.1) is 0 Å². The third kappa shape index (κ3) is 1.12. The largest absolute Gasteiger partial charge is 0.493 e. The van der Waals surface area contributed by atoms with E-state index in [1.807, 2.05) is 6.07 Å². The van der Waals surface area contributed by atoms with Crippen molar-refractivity contribution in [2.45, 2.75) is 12.5 Å². The number of nitrogen functional groups attached to an aromatic ring is 1. The van der Waals surface area contributed by atoms with Crippen LogP contribution in [0.1, 0.15) is 18.1 Å². The van der Waals surface area contributed by atoms with Crippen LogP contribution in [0.2, 0.25) is 0 Å². The summed E-state index contributed by atoms with van der Waals surface area (Å²) in [6.07, 6.45) is 0.269. The van der Waals surface area contributed by atoms with E-state index < -0.39 is 6.10 Å². The molecule has 0 spiro atoms. The van der Waals surface area contributed by atoms with Crippen molar-refractivity contribution >= 4 is 5.69 Å². The van der Waals surface area contributed by atoms with Gasteiger partial charge >= 0.3 is 0 Å². The third-order valence-electron chi connectivity index (χ3n) is 2.05. The molecule has 0 amide bonds. The lowest BCUT2D eigenvalue weighted by Crippen LogP contribution is -2.13. The van der Waals surface area contributed by atoms with Gasteiger partial charge in [0.25, 0.3) is 0 Å². The van der Waals surface area contributed by atoms with E-state index in [1.165, 1.54) is 0 Å². The lowest BCUT2D eigenvalue weighted by atomic mass is 10.0. The van der Waals surface area contributed by atoms with Crippen molar-refractivity contribution < 1.29 is 9.84 Å². The van der Waals surface area contributed by atoms with Crippen LogP contribution in [0.4, 0.5) is 5.69 Å². The minimum absolute atomic E-state index is 0.394. The number of aliphatic hydroxyl groups excluding tert-OH is 1. The first-order valence-corrected chi connectivity index (χ1v) is 3.97. The molecule has 0 aliphatic carbocycles. The first-order chi connectivity index (χ1) is 5.77. The molecule has 1 aliphatic heterocycles. The number of nitrogens with two attached hydrogens (primary N) is 1.